The molecular weight excluding hydrogens is 340 g/mol. The maximum absolute atomic E-state index is 10.4. The minimum Gasteiger partial charge on any atom is -0.494 e. The van der Waals surface area contributed by atoms with E-state index in [-0.39, 0.29) is 6.61 Å². The van der Waals surface area contributed by atoms with Crippen molar-refractivity contribution in [2.45, 2.75) is 13.5 Å². The summed E-state index contributed by atoms with van der Waals surface area (Å²) >= 11 is 0.999. The normalized spacial score (nSPS) is 10.3. The summed E-state index contributed by atoms with van der Waals surface area (Å²) in [6.07, 6.45) is 0. The summed E-state index contributed by atoms with van der Waals surface area (Å²) in [5, 5.41) is 11.9. The third-order valence-corrected chi connectivity index (χ3v) is 3.97. The topological polar surface area (TPSA) is 71.0 Å². The van der Waals surface area contributed by atoms with Gasteiger partial charge in [-0.05, 0) is 48.9 Å². The molecule has 0 aromatic heterocycles. The van der Waals surface area contributed by atoms with E-state index in [9.17, 15) is 4.79 Å². The van der Waals surface area contributed by atoms with Crippen LogP contribution in [0.4, 0.5) is 11.4 Å². The predicted octanol–water partition coefficient (Wildman–Crippen LogP) is 3.80. The molecule has 0 saturated carbocycles. The van der Waals surface area contributed by atoms with Crippen molar-refractivity contribution in [3.63, 3.8) is 0 Å². The van der Waals surface area contributed by atoms with Gasteiger partial charge < -0.3 is 15.2 Å². The van der Waals surface area contributed by atoms with Crippen LogP contribution in [-0.4, -0.2) is 31.3 Å². The van der Waals surface area contributed by atoms with Crippen molar-refractivity contribution >= 4 is 29.6 Å². The molecule has 2 aromatic carbocycles. The Balaban J connectivity index is 1.82. The SMILES string of the molecule is CCOc1ccc(CNc2ccc(N(C)SOCC(=O)O)cc2)cc1. The molecule has 25 heavy (non-hydrogen) atoms. The van der Waals surface area contributed by atoms with E-state index in [0.29, 0.717) is 6.61 Å². The van der Waals surface area contributed by atoms with E-state index < -0.39 is 5.97 Å². The van der Waals surface area contributed by atoms with Crippen LogP contribution in [0.5, 0.6) is 5.75 Å². The van der Waals surface area contributed by atoms with E-state index in [2.05, 4.69) is 5.32 Å². The van der Waals surface area contributed by atoms with Crippen LogP contribution >= 0.6 is 12.2 Å². The Morgan fingerprint density at radius 2 is 1.84 bits per heavy atom. The monoisotopic (exact) mass is 362 g/mol. The van der Waals surface area contributed by atoms with Crippen molar-refractivity contribution in [2.75, 3.05) is 29.9 Å². The highest BCUT2D eigenvalue weighted by Crippen LogP contribution is 2.23. The van der Waals surface area contributed by atoms with Gasteiger partial charge in [0.2, 0.25) is 0 Å². The van der Waals surface area contributed by atoms with Crippen molar-refractivity contribution in [1.82, 2.24) is 0 Å². The molecule has 0 aliphatic rings. The largest absolute Gasteiger partial charge is 0.494 e. The lowest BCUT2D eigenvalue weighted by Crippen LogP contribution is -2.11. The Morgan fingerprint density at radius 1 is 1.16 bits per heavy atom. The second-order valence-electron chi connectivity index (χ2n) is 5.21. The Labute approximate surface area is 152 Å². The molecule has 0 bridgehead atoms. The average Bonchev–Trinajstić information content (AvgIpc) is 2.61. The maximum Gasteiger partial charge on any atom is 0.331 e. The second kappa shape index (κ2) is 9.80. The van der Waals surface area contributed by atoms with E-state index in [1.165, 1.54) is 5.56 Å². The minimum atomic E-state index is -0.991. The smallest absolute Gasteiger partial charge is 0.331 e. The van der Waals surface area contributed by atoms with Gasteiger partial charge in [0.15, 0.2) is 6.61 Å². The highest BCUT2D eigenvalue weighted by molar-refractivity contribution is 7.96. The van der Waals surface area contributed by atoms with Crippen molar-refractivity contribution in [3.05, 3.63) is 54.1 Å². The molecule has 0 radical (unpaired) electrons. The standard InChI is InChI=1S/C18H22N2O4S/c1-3-23-17-10-4-14(5-11-17)12-19-15-6-8-16(9-7-15)20(2)25-24-13-18(21)22/h4-11,19H,3,12-13H2,1-2H3,(H,21,22). The van der Waals surface area contributed by atoms with Crippen molar-refractivity contribution in [3.8, 4) is 5.75 Å². The van der Waals surface area contributed by atoms with E-state index in [4.69, 9.17) is 14.0 Å². The predicted molar refractivity (Wildman–Crippen MR) is 101 cm³/mol. The summed E-state index contributed by atoms with van der Waals surface area (Å²) < 4.78 is 12.2. The lowest BCUT2D eigenvalue weighted by molar-refractivity contribution is -0.138. The van der Waals surface area contributed by atoms with Gasteiger partial charge in [0.1, 0.15) is 18.0 Å². The lowest BCUT2D eigenvalue weighted by atomic mass is 10.2. The van der Waals surface area contributed by atoms with Crippen LogP contribution in [0.2, 0.25) is 0 Å². The van der Waals surface area contributed by atoms with Crippen molar-refractivity contribution in [1.29, 1.82) is 0 Å². The molecule has 0 aliphatic carbocycles. The van der Waals surface area contributed by atoms with Gasteiger partial charge in [-0.25, -0.2) is 4.79 Å². The molecule has 6 nitrogen and oxygen atoms in total. The van der Waals surface area contributed by atoms with Crippen LogP contribution in [0.1, 0.15) is 12.5 Å². The zero-order chi connectivity index (χ0) is 18.1. The van der Waals surface area contributed by atoms with Crippen LogP contribution in [0.3, 0.4) is 0 Å². The molecule has 2 aromatic rings. The Morgan fingerprint density at radius 3 is 2.44 bits per heavy atom. The van der Waals surface area contributed by atoms with Crippen LogP contribution in [0.15, 0.2) is 48.5 Å². The summed E-state index contributed by atoms with van der Waals surface area (Å²) in [5.41, 5.74) is 3.09. The highest BCUT2D eigenvalue weighted by atomic mass is 32.2. The van der Waals surface area contributed by atoms with Gasteiger partial charge in [0.05, 0.1) is 6.61 Å². The number of carboxylic acid groups (broad SMARTS) is 1. The zero-order valence-electron chi connectivity index (χ0n) is 14.3. The average molecular weight is 362 g/mol. The fourth-order valence-corrected chi connectivity index (χ4v) is 2.58. The third-order valence-electron chi connectivity index (χ3n) is 3.31. The number of ether oxygens (including phenoxy) is 1. The van der Waals surface area contributed by atoms with Crippen molar-refractivity contribution < 1.29 is 18.8 Å². The van der Waals surface area contributed by atoms with E-state index in [0.717, 1.165) is 35.9 Å². The summed E-state index contributed by atoms with van der Waals surface area (Å²) in [6, 6.07) is 15.8. The summed E-state index contributed by atoms with van der Waals surface area (Å²) in [4.78, 5) is 10.4. The Hall–Kier alpha value is -2.38. The number of hydrogen-bond donors (Lipinski definition) is 2. The molecule has 7 heteroatoms. The Kier molecular flexibility index (Phi) is 7.43. The molecule has 0 amide bonds. The number of hydrogen-bond acceptors (Lipinski definition) is 6. The number of carbonyl (C=O) groups is 1. The van der Waals surface area contributed by atoms with E-state index >= 15 is 0 Å². The molecule has 0 heterocycles. The summed E-state index contributed by atoms with van der Waals surface area (Å²) in [7, 11) is 1.81. The molecule has 0 spiro atoms. The first-order valence-corrected chi connectivity index (χ1v) is 8.59. The zero-order valence-corrected chi connectivity index (χ0v) is 15.1. The number of benzene rings is 2. The highest BCUT2D eigenvalue weighted by Gasteiger charge is 2.05. The van der Waals surface area contributed by atoms with Crippen LogP contribution in [-0.2, 0) is 15.5 Å². The van der Waals surface area contributed by atoms with Gasteiger partial charge in [-0.1, -0.05) is 12.1 Å². The number of carboxylic acids is 1. The van der Waals surface area contributed by atoms with Crippen LogP contribution in [0, 0.1) is 0 Å². The molecule has 0 aliphatic heterocycles. The molecule has 0 unspecified atom stereocenters. The third kappa shape index (κ3) is 6.56. The van der Waals surface area contributed by atoms with Crippen molar-refractivity contribution in [2.24, 2.45) is 0 Å². The number of anilines is 2. The lowest BCUT2D eigenvalue weighted by Gasteiger charge is -2.16. The summed E-state index contributed by atoms with van der Waals surface area (Å²) in [5.74, 6) is -0.115. The fraction of sp³-hybridized carbons (Fsp3) is 0.278. The van der Waals surface area contributed by atoms with Gasteiger partial charge >= 0.3 is 5.97 Å². The molecule has 2 N–H and O–H groups in total. The number of nitrogens with one attached hydrogen (secondary N) is 1. The van der Waals surface area contributed by atoms with E-state index in [1.807, 2.05) is 62.5 Å². The van der Waals surface area contributed by atoms with E-state index in [1.54, 1.807) is 4.31 Å². The first-order valence-electron chi connectivity index (χ1n) is 7.89. The van der Waals surface area contributed by atoms with Gasteiger partial charge in [-0.2, -0.15) is 0 Å². The number of aliphatic carboxylic acids is 1. The van der Waals surface area contributed by atoms with Crippen LogP contribution in [0.25, 0.3) is 0 Å². The quantitative estimate of drug-likeness (QED) is 0.492. The van der Waals surface area contributed by atoms with Gasteiger partial charge in [0.25, 0.3) is 0 Å². The first-order chi connectivity index (χ1) is 12.1. The number of rotatable bonds is 10. The minimum absolute atomic E-state index is 0.337. The molecule has 134 valence electrons. The van der Waals surface area contributed by atoms with Crippen LogP contribution < -0.4 is 14.4 Å². The second-order valence-corrected chi connectivity index (χ2v) is 6.14. The Bertz CT molecular complexity index is 662. The fourth-order valence-electron chi connectivity index (χ4n) is 2.06. The van der Waals surface area contributed by atoms with Gasteiger partial charge in [-0.15, -0.1) is 0 Å². The molecule has 0 fully saturated rings. The molecule has 0 saturated heterocycles. The summed E-state index contributed by atoms with van der Waals surface area (Å²) in [6.45, 7) is 3.01. The number of nitrogens with zero attached hydrogens (tertiary/aromatic N) is 1. The van der Waals surface area contributed by atoms with Gasteiger partial charge in [-0.3, -0.25) is 8.49 Å². The molecule has 0 atom stereocenters. The molecular formula is C18H22N2O4S. The first kappa shape index (κ1) is 19.0. The maximum atomic E-state index is 10.4. The van der Waals surface area contributed by atoms with Gasteiger partial charge in [0, 0.05) is 25.0 Å². The molecule has 2 rings (SSSR count).